The van der Waals surface area contributed by atoms with Gasteiger partial charge < -0.3 is 19.7 Å². The first-order chi connectivity index (χ1) is 7.98. The quantitative estimate of drug-likeness (QED) is 0.703. The van der Waals surface area contributed by atoms with E-state index in [0.29, 0.717) is 26.3 Å². The number of hydrogen-bond donors (Lipinski definition) is 1. The molecule has 0 aromatic carbocycles. The van der Waals surface area contributed by atoms with E-state index in [-0.39, 0.29) is 23.7 Å². The molecule has 2 atom stereocenters. The summed E-state index contributed by atoms with van der Waals surface area (Å²) in [4.78, 5) is 14.2. The van der Waals surface area contributed by atoms with Crippen LogP contribution < -0.4 is 5.32 Å². The van der Waals surface area contributed by atoms with Gasteiger partial charge in [-0.25, -0.2) is 0 Å². The Morgan fingerprint density at radius 1 is 1.47 bits per heavy atom. The average molecular weight is 242 g/mol. The Bertz CT molecular complexity index is 287. The van der Waals surface area contributed by atoms with Crippen molar-refractivity contribution in [1.82, 2.24) is 10.2 Å². The highest BCUT2D eigenvalue weighted by Crippen LogP contribution is 2.21. The highest BCUT2D eigenvalue weighted by atomic mass is 16.5. The summed E-state index contributed by atoms with van der Waals surface area (Å²) in [6.07, 6.45) is 0.0900. The zero-order chi connectivity index (χ0) is 12.5. The number of morpholine rings is 2. The molecule has 5 heteroatoms. The van der Waals surface area contributed by atoms with Gasteiger partial charge in [-0.15, -0.1) is 0 Å². The van der Waals surface area contributed by atoms with E-state index in [1.165, 1.54) is 0 Å². The predicted molar refractivity (Wildman–Crippen MR) is 63.8 cm³/mol. The second kappa shape index (κ2) is 4.92. The van der Waals surface area contributed by atoms with Gasteiger partial charge >= 0.3 is 0 Å². The molecule has 2 heterocycles. The van der Waals surface area contributed by atoms with E-state index in [9.17, 15) is 4.79 Å². The van der Waals surface area contributed by atoms with Gasteiger partial charge in [0.1, 0.15) is 6.04 Å². The zero-order valence-corrected chi connectivity index (χ0v) is 10.9. The molecule has 98 valence electrons. The molecule has 1 N–H and O–H groups in total. The van der Waals surface area contributed by atoms with Crippen molar-refractivity contribution < 1.29 is 14.3 Å². The second-order valence-corrected chi connectivity index (χ2v) is 5.49. The van der Waals surface area contributed by atoms with Crippen LogP contribution in [-0.2, 0) is 14.3 Å². The third-order valence-electron chi connectivity index (χ3n) is 3.10. The second-order valence-electron chi connectivity index (χ2n) is 5.49. The summed E-state index contributed by atoms with van der Waals surface area (Å²) in [5, 5.41) is 3.20. The fraction of sp³-hybridized carbons (Fsp3) is 0.917. The number of ether oxygens (including phenoxy) is 2. The number of amides is 1. The summed E-state index contributed by atoms with van der Waals surface area (Å²) in [5.41, 5.74) is -0.261. The van der Waals surface area contributed by atoms with Crippen LogP contribution in [0.1, 0.15) is 20.8 Å². The Morgan fingerprint density at radius 2 is 2.24 bits per heavy atom. The Balaban J connectivity index is 1.98. The summed E-state index contributed by atoms with van der Waals surface area (Å²) >= 11 is 0. The first-order valence-electron chi connectivity index (χ1n) is 6.26. The van der Waals surface area contributed by atoms with Crippen molar-refractivity contribution in [3.05, 3.63) is 0 Å². The van der Waals surface area contributed by atoms with E-state index in [0.717, 1.165) is 6.54 Å². The molecule has 0 saturated carbocycles. The molecule has 2 rings (SSSR count). The van der Waals surface area contributed by atoms with E-state index >= 15 is 0 Å². The standard InChI is InChI=1S/C12H22N2O3/c1-9-6-14(8-12(2,3)17-9)11(15)10-7-16-5-4-13-10/h9-10,13H,4-8H2,1-3H3. The molecule has 2 aliphatic heterocycles. The maximum atomic E-state index is 12.3. The van der Waals surface area contributed by atoms with Crippen molar-refractivity contribution in [3.63, 3.8) is 0 Å². The van der Waals surface area contributed by atoms with E-state index < -0.39 is 0 Å². The van der Waals surface area contributed by atoms with Gasteiger partial charge in [0, 0.05) is 19.6 Å². The Kier molecular flexibility index (Phi) is 3.70. The van der Waals surface area contributed by atoms with Crippen molar-refractivity contribution in [1.29, 1.82) is 0 Å². The molecule has 2 aliphatic rings. The highest BCUT2D eigenvalue weighted by molar-refractivity contribution is 5.82. The van der Waals surface area contributed by atoms with Crippen molar-refractivity contribution in [3.8, 4) is 0 Å². The summed E-state index contributed by atoms with van der Waals surface area (Å²) in [6, 6.07) is -0.190. The SMILES string of the molecule is CC1CN(C(=O)C2COCCN2)CC(C)(C)O1. The number of rotatable bonds is 1. The molecule has 0 radical (unpaired) electrons. The van der Waals surface area contributed by atoms with Gasteiger partial charge in [-0.1, -0.05) is 0 Å². The van der Waals surface area contributed by atoms with Gasteiger partial charge in [0.2, 0.25) is 5.91 Å². The number of carbonyl (C=O) groups excluding carboxylic acids is 1. The molecular weight excluding hydrogens is 220 g/mol. The van der Waals surface area contributed by atoms with E-state index in [1.54, 1.807) is 0 Å². The normalized spacial score (nSPS) is 33.5. The smallest absolute Gasteiger partial charge is 0.242 e. The van der Waals surface area contributed by atoms with Crippen molar-refractivity contribution in [2.24, 2.45) is 0 Å². The highest BCUT2D eigenvalue weighted by Gasteiger charge is 2.36. The van der Waals surface area contributed by atoms with Crippen LogP contribution in [0, 0.1) is 0 Å². The first-order valence-corrected chi connectivity index (χ1v) is 6.26. The van der Waals surface area contributed by atoms with Crippen molar-refractivity contribution in [2.45, 2.75) is 38.5 Å². The van der Waals surface area contributed by atoms with Crippen LogP contribution in [0.3, 0.4) is 0 Å². The minimum absolute atomic E-state index is 0.0900. The van der Waals surface area contributed by atoms with Crippen molar-refractivity contribution in [2.75, 3.05) is 32.8 Å². The van der Waals surface area contributed by atoms with Gasteiger partial charge in [0.15, 0.2) is 0 Å². The predicted octanol–water partition coefficient (Wildman–Crippen LogP) is 0.000700. The molecule has 0 bridgehead atoms. The lowest BCUT2D eigenvalue weighted by molar-refractivity contribution is -0.162. The number of nitrogens with one attached hydrogen (secondary N) is 1. The van der Waals surface area contributed by atoms with Crippen LogP contribution in [0.5, 0.6) is 0 Å². The molecule has 2 saturated heterocycles. The van der Waals surface area contributed by atoms with E-state index in [2.05, 4.69) is 5.32 Å². The minimum Gasteiger partial charge on any atom is -0.378 e. The lowest BCUT2D eigenvalue weighted by Gasteiger charge is -2.43. The molecule has 1 amide bonds. The zero-order valence-electron chi connectivity index (χ0n) is 10.9. The van der Waals surface area contributed by atoms with Gasteiger partial charge in [-0.3, -0.25) is 4.79 Å². The van der Waals surface area contributed by atoms with Gasteiger partial charge in [0.25, 0.3) is 0 Å². The number of carbonyl (C=O) groups is 1. The fourth-order valence-corrected chi connectivity index (χ4v) is 2.57. The summed E-state index contributed by atoms with van der Waals surface area (Å²) in [5.74, 6) is 0.132. The van der Waals surface area contributed by atoms with Gasteiger partial charge in [-0.2, -0.15) is 0 Å². The molecule has 0 spiro atoms. The molecule has 2 unspecified atom stereocenters. The molecular formula is C12H22N2O3. The summed E-state index contributed by atoms with van der Waals surface area (Å²) in [7, 11) is 0. The molecule has 0 aromatic rings. The van der Waals surface area contributed by atoms with E-state index in [4.69, 9.17) is 9.47 Å². The largest absolute Gasteiger partial charge is 0.378 e. The van der Waals surface area contributed by atoms with Crippen LogP contribution in [0.25, 0.3) is 0 Å². The van der Waals surface area contributed by atoms with Crippen LogP contribution >= 0.6 is 0 Å². The molecule has 0 aliphatic carbocycles. The third kappa shape index (κ3) is 3.18. The molecule has 0 aromatic heterocycles. The van der Waals surface area contributed by atoms with Gasteiger partial charge in [0.05, 0.1) is 24.9 Å². The molecule has 2 fully saturated rings. The van der Waals surface area contributed by atoms with Crippen LogP contribution in [0.2, 0.25) is 0 Å². The van der Waals surface area contributed by atoms with Crippen LogP contribution in [0.15, 0.2) is 0 Å². The van der Waals surface area contributed by atoms with Crippen LogP contribution in [0.4, 0.5) is 0 Å². The monoisotopic (exact) mass is 242 g/mol. The lowest BCUT2D eigenvalue weighted by atomic mass is 10.0. The third-order valence-corrected chi connectivity index (χ3v) is 3.10. The maximum Gasteiger partial charge on any atom is 0.242 e. The van der Waals surface area contributed by atoms with E-state index in [1.807, 2.05) is 25.7 Å². The Morgan fingerprint density at radius 3 is 2.82 bits per heavy atom. The van der Waals surface area contributed by atoms with Gasteiger partial charge in [-0.05, 0) is 20.8 Å². The number of nitrogens with zero attached hydrogens (tertiary/aromatic N) is 1. The Labute approximate surface area is 102 Å². The molecule has 5 nitrogen and oxygen atoms in total. The summed E-state index contributed by atoms with van der Waals surface area (Å²) in [6.45, 7) is 9.28. The topological polar surface area (TPSA) is 50.8 Å². The molecule has 17 heavy (non-hydrogen) atoms. The van der Waals surface area contributed by atoms with Crippen molar-refractivity contribution >= 4 is 5.91 Å². The number of hydrogen-bond acceptors (Lipinski definition) is 4. The van der Waals surface area contributed by atoms with Crippen LogP contribution in [-0.4, -0.2) is 61.4 Å². The fourth-order valence-electron chi connectivity index (χ4n) is 2.57. The first kappa shape index (κ1) is 12.8. The minimum atomic E-state index is -0.261. The lowest BCUT2D eigenvalue weighted by Crippen LogP contribution is -2.59. The maximum absolute atomic E-state index is 12.3. The average Bonchev–Trinajstić information content (AvgIpc) is 2.26. The summed E-state index contributed by atoms with van der Waals surface area (Å²) < 4.78 is 11.1. The Hall–Kier alpha value is -0.650.